The van der Waals surface area contributed by atoms with Gasteiger partial charge in [-0.25, -0.2) is 4.79 Å². The fourth-order valence-electron chi connectivity index (χ4n) is 3.32. The van der Waals surface area contributed by atoms with Crippen LogP contribution < -0.4 is 4.74 Å². The number of aromatic nitrogens is 4. The second-order valence-corrected chi connectivity index (χ2v) is 7.21. The van der Waals surface area contributed by atoms with Gasteiger partial charge in [-0.3, -0.25) is 0 Å². The first kappa shape index (κ1) is 22.7. The van der Waals surface area contributed by atoms with Gasteiger partial charge in [0.2, 0.25) is 5.82 Å². The number of aliphatic carboxylic acids is 1. The molecule has 0 spiro atoms. The minimum atomic E-state index is -5.08. The summed E-state index contributed by atoms with van der Waals surface area (Å²) in [6, 6.07) is 22.4. The van der Waals surface area contributed by atoms with Crippen molar-refractivity contribution >= 4 is 18.1 Å². The Morgan fingerprint density at radius 3 is 2.38 bits per heavy atom. The lowest BCUT2D eigenvalue weighted by Gasteiger charge is -2.22. The predicted molar refractivity (Wildman–Crippen MR) is 118 cm³/mol. The van der Waals surface area contributed by atoms with Crippen molar-refractivity contribution in [3.05, 3.63) is 89.0 Å². The molecule has 5 rings (SSSR count). The van der Waals surface area contributed by atoms with E-state index in [1.165, 1.54) is 5.56 Å². The van der Waals surface area contributed by atoms with E-state index in [1.54, 1.807) is 0 Å². The van der Waals surface area contributed by atoms with Crippen LogP contribution in [0.25, 0.3) is 23.5 Å². The van der Waals surface area contributed by atoms with Crippen molar-refractivity contribution in [1.29, 1.82) is 0 Å². The summed E-state index contributed by atoms with van der Waals surface area (Å²) in [7, 11) is 0. The van der Waals surface area contributed by atoms with Gasteiger partial charge < -0.3 is 9.84 Å². The number of fused-ring (bicyclic) bond motifs is 2. The molecule has 1 aromatic heterocycles. The van der Waals surface area contributed by atoms with Crippen LogP contribution in [-0.2, 0) is 11.2 Å². The maximum absolute atomic E-state index is 10.6. The fraction of sp³-hybridized carbons (Fsp3) is 0.0833. The number of rotatable bonds is 3. The summed E-state index contributed by atoms with van der Waals surface area (Å²) in [5.41, 5.74) is 5.45. The molecule has 10 heteroatoms. The van der Waals surface area contributed by atoms with E-state index >= 15 is 0 Å². The number of carbonyl (C=O) groups is 1. The topological polar surface area (TPSA) is 101 Å². The smallest absolute Gasteiger partial charge is 0.475 e. The van der Waals surface area contributed by atoms with Crippen LogP contribution in [0, 0.1) is 0 Å². The molecule has 2 heterocycles. The fourth-order valence-corrected chi connectivity index (χ4v) is 3.32. The monoisotopic (exact) mass is 466 g/mol. The molecule has 172 valence electrons. The Morgan fingerprint density at radius 2 is 1.71 bits per heavy atom. The molecule has 4 aromatic rings. The lowest BCUT2D eigenvalue weighted by atomic mass is 9.93. The quantitative estimate of drug-likeness (QED) is 0.347. The zero-order valence-corrected chi connectivity index (χ0v) is 17.5. The maximum atomic E-state index is 10.6. The van der Waals surface area contributed by atoms with Crippen molar-refractivity contribution in [2.45, 2.75) is 12.6 Å². The highest BCUT2D eigenvalue weighted by molar-refractivity contribution is 5.77. The number of carboxylic acid groups (broad SMARTS) is 1. The molecule has 0 atom stereocenters. The Bertz CT molecular complexity index is 1320. The summed E-state index contributed by atoms with van der Waals surface area (Å²) in [6.45, 7) is 0. The number of hydrogen-bond acceptors (Lipinski definition) is 5. The Kier molecular flexibility index (Phi) is 6.39. The molecule has 34 heavy (non-hydrogen) atoms. The number of ether oxygens (including phenoxy) is 1. The highest BCUT2D eigenvalue weighted by Gasteiger charge is 2.38. The molecule has 0 aliphatic carbocycles. The predicted octanol–water partition coefficient (Wildman–Crippen LogP) is 5.37. The molecular weight excluding hydrogens is 449 g/mol. The minimum absolute atomic E-state index is 0.551. The van der Waals surface area contributed by atoms with Gasteiger partial charge in [0.05, 0.1) is 0 Å². The molecule has 1 aliphatic rings. The molecule has 0 amide bonds. The van der Waals surface area contributed by atoms with E-state index in [4.69, 9.17) is 14.6 Å². The van der Waals surface area contributed by atoms with Gasteiger partial charge in [-0.15, -0.1) is 10.2 Å². The van der Waals surface area contributed by atoms with Crippen molar-refractivity contribution in [2.75, 3.05) is 0 Å². The minimum Gasteiger partial charge on any atom is -0.475 e. The average molecular weight is 466 g/mol. The second kappa shape index (κ2) is 9.57. The highest BCUT2D eigenvalue weighted by Crippen LogP contribution is 2.40. The van der Waals surface area contributed by atoms with Crippen molar-refractivity contribution in [2.24, 2.45) is 0 Å². The summed E-state index contributed by atoms with van der Waals surface area (Å²) in [6.07, 6.45) is -0.0301. The highest BCUT2D eigenvalue weighted by atomic mass is 19.4. The Morgan fingerprint density at radius 1 is 1.00 bits per heavy atom. The first-order valence-corrected chi connectivity index (χ1v) is 10.0. The number of nitrogens with zero attached hydrogens (tertiary/aromatic N) is 3. The van der Waals surface area contributed by atoms with E-state index in [2.05, 4.69) is 57.0 Å². The number of tetrazole rings is 1. The van der Waals surface area contributed by atoms with E-state index in [-0.39, 0.29) is 0 Å². The van der Waals surface area contributed by atoms with Crippen LogP contribution in [0.15, 0.2) is 66.7 Å². The zero-order valence-electron chi connectivity index (χ0n) is 17.5. The first-order chi connectivity index (χ1) is 16.3. The standard InChI is InChI=1S/C22H16N4O.C2HF3O2/c1-2-6-15(7-3-1)10-11-16-12-18(22-23-25-26-24-22)14-21-19(16)13-17-8-4-5-9-20(17)27-21;3-2(4,5)1(6)7/h1-12,14H,13H2,(H,23,24,25,26);(H,6,7). The van der Waals surface area contributed by atoms with E-state index < -0.39 is 12.1 Å². The van der Waals surface area contributed by atoms with Crippen LogP contribution in [0.2, 0.25) is 0 Å². The van der Waals surface area contributed by atoms with Gasteiger partial charge in [-0.05, 0) is 40.1 Å². The summed E-state index contributed by atoms with van der Waals surface area (Å²) in [5, 5.41) is 21.5. The number of nitrogens with one attached hydrogen (secondary N) is 1. The molecular formula is C24H17F3N4O3. The second-order valence-electron chi connectivity index (χ2n) is 7.21. The SMILES string of the molecule is C(=Cc1cc(-c2nn[nH]n2)cc2c1Cc1ccccc1O2)c1ccccc1.O=C(O)C(F)(F)F. The van der Waals surface area contributed by atoms with Gasteiger partial charge in [0.15, 0.2) is 0 Å². The Labute approximate surface area is 191 Å². The molecule has 7 nitrogen and oxygen atoms in total. The lowest BCUT2D eigenvalue weighted by molar-refractivity contribution is -0.192. The van der Waals surface area contributed by atoms with E-state index in [0.29, 0.717) is 5.82 Å². The molecule has 2 N–H and O–H groups in total. The third-order valence-electron chi connectivity index (χ3n) is 4.90. The lowest BCUT2D eigenvalue weighted by Crippen LogP contribution is -2.21. The van der Waals surface area contributed by atoms with Crippen LogP contribution >= 0.6 is 0 Å². The molecule has 0 radical (unpaired) electrons. The van der Waals surface area contributed by atoms with Gasteiger partial charge in [0.1, 0.15) is 11.5 Å². The number of para-hydroxylation sites is 1. The number of hydrogen-bond donors (Lipinski definition) is 2. The van der Waals surface area contributed by atoms with Crippen LogP contribution in [0.3, 0.4) is 0 Å². The number of alkyl halides is 3. The molecule has 0 fully saturated rings. The van der Waals surface area contributed by atoms with Crippen LogP contribution in [-0.4, -0.2) is 37.9 Å². The Balaban J connectivity index is 0.000000344. The van der Waals surface area contributed by atoms with Gasteiger partial charge in [0, 0.05) is 17.5 Å². The molecule has 3 aromatic carbocycles. The molecule has 0 saturated heterocycles. The van der Waals surface area contributed by atoms with Crippen molar-refractivity contribution in [3.63, 3.8) is 0 Å². The maximum Gasteiger partial charge on any atom is 0.490 e. The van der Waals surface area contributed by atoms with Gasteiger partial charge in [-0.2, -0.15) is 18.4 Å². The summed E-state index contributed by atoms with van der Waals surface area (Å²) in [4.78, 5) is 8.90. The Hall–Kier alpha value is -4.47. The summed E-state index contributed by atoms with van der Waals surface area (Å²) >= 11 is 0. The van der Waals surface area contributed by atoms with Crippen molar-refractivity contribution in [1.82, 2.24) is 20.6 Å². The molecule has 0 saturated carbocycles. The zero-order chi connectivity index (χ0) is 24.1. The third kappa shape index (κ3) is 5.29. The molecule has 1 aliphatic heterocycles. The van der Waals surface area contributed by atoms with Gasteiger partial charge in [-0.1, -0.05) is 60.7 Å². The van der Waals surface area contributed by atoms with Gasteiger partial charge in [0.25, 0.3) is 0 Å². The van der Waals surface area contributed by atoms with Crippen molar-refractivity contribution in [3.8, 4) is 22.9 Å². The molecule has 0 bridgehead atoms. The number of benzene rings is 3. The van der Waals surface area contributed by atoms with Crippen LogP contribution in [0.1, 0.15) is 22.3 Å². The van der Waals surface area contributed by atoms with Gasteiger partial charge >= 0.3 is 12.1 Å². The number of H-pyrrole nitrogens is 1. The largest absolute Gasteiger partial charge is 0.490 e. The van der Waals surface area contributed by atoms with E-state index in [9.17, 15) is 13.2 Å². The first-order valence-electron chi connectivity index (χ1n) is 10.0. The number of aromatic amines is 1. The third-order valence-corrected chi connectivity index (χ3v) is 4.90. The van der Waals surface area contributed by atoms with Crippen LogP contribution in [0.5, 0.6) is 11.5 Å². The van der Waals surface area contributed by atoms with E-state index in [0.717, 1.165) is 40.2 Å². The molecule has 0 unspecified atom stereocenters. The average Bonchev–Trinajstić information content (AvgIpc) is 3.37. The van der Waals surface area contributed by atoms with Crippen LogP contribution in [0.4, 0.5) is 13.2 Å². The summed E-state index contributed by atoms with van der Waals surface area (Å²) in [5.74, 6) is -0.473. The number of carboxylic acids is 1. The van der Waals surface area contributed by atoms with Crippen molar-refractivity contribution < 1.29 is 27.8 Å². The summed E-state index contributed by atoms with van der Waals surface area (Å²) < 4.78 is 37.9. The normalized spacial score (nSPS) is 12.2. The van der Waals surface area contributed by atoms with E-state index in [1.807, 2.05) is 42.5 Å². The number of halogens is 3.